The number of hydrogen-bond acceptors (Lipinski definition) is 4. The average Bonchev–Trinajstić information content (AvgIpc) is 3.08. The number of aromatic amines is 1. The number of alkyl halides is 3. The van der Waals surface area contributed by atoms with Gasteiger partial charge in [0.1, 0.15) is 0 Å². The van der Waals surface area contributed by atoms with Gasteiger partial charge in [0.2, 0.25) is 5.95 Å². The van der Waals surface area contributed by atoms with Crippen molar-refractivity contribution in [1.29, 1.82) is 0 Å². The molecule has 0 amide bonds. The Kier molecular flexibility index (Phi) is 3.96. The van der Waals surface area contributed by atoms with Gasteiger partial charge in [-0.1, -0.05) is 18.2 Å². The van der Waals surface area contributed by atoms with Crippen molar-refractivity contribution in [2.24, 2.45) is 0 Å². The molecule has 3 rings (SSSR count). The summed E-state index contributed by atoms with van der Waals surface area (Å²) in [6.45, 7) is 0. The van der Waals surface area contributed by atoms with E-state index in [1.165, 1.54) is 4.90 Å². The molecule has 0 saturated heterocycles. The zero-order chi connectivity index (χ0) is 17.3. The van der Waals surface area contributed by atoms with Crippen LogP contribution in [0.15, 0.2) is 42.6 Å². The second-order valence-corrected chi connectivity index (χ2v) is 5.38. The molecular weight excluding hydrogens is 319 g/mol. The lowest BCUT2D eigenvalue weighted by Crippen LogP contribution is -2.17. The fourth-order valence-electron chi connectivity index (χ4n) is 2.19. The summed E-state index contributed by atoms with van der Waals surface area (Å²) < 4.78 is 39.3. The first-order valence-corrected chi connectivity index (χ1v) is 7.08. The molecule has 2 aromatic heterocycles. The summed E-state index contributed by atoms with van der Waals surface area (Å²) in [6.07, 6.45) is -2.93. The quantitative estimate of drug-likeness (QED) is 0.795. The summed E-state index contributed by atoms with van der Waals surface area (Å²) in [4.78, 5) is 9.25. The van der Waals surface area contributed by atoms with E-state index in [9.17, 15) is 13.2 Å². The average molecular weight is 333 g/mol. The van der Waals surface area contributed by atoms with Crippen LogP contribution in [0.4, 0.5) is 19.1 Å². The van der Waals surface area contributed by atoms with E-state index < -0.39 is 11.9 Å². The third-order valence-corrected chi connectivity index (χ3v) is 3.37. The first kappa shape index (κ1) is 16.0. The minimum absolute atomic E-state index is 0.00627. The van der Waals surface area contributed by atoms with E-state index in [1.54, 1.807) is 44.6 Å². The summed E-state index contributed by atoms with van der Waals surface area (Å²) in [5.74, 6) is 0.00627. The molecule has 124 valence electrons. The van der Waals surface area contributed by atoms with E-state index in [-0.39, 0.29) is 11.6 Å². The van der Waals surface area contributed by atoms with E-state index in [1.807, 2.05) is 6.07 Å². The highest BCUT2D eigenvalue weighted by atomic mass is 19.4. The molecule has 0 aliphatic carbocycles. The number of anilines is 1. The Balaban J connectivity index is 2.12. The smallest absolute Gasteiger partial charge is 0.347 e. The fraction of sp³-hybridized carbons (Fsp3) is 0.188. The van der Waals surface area contributed by atoms with Crippen LogP contribution in [0.25, 0.3) is 22.5 Å². The minimum atomic E-state index is -4.54. The maximum absolute atomic E-state index is 13.1. The topological polar surface area (TPSA) is 57.7 Å². The zero-order valence-electron chi connectivity index (χ0n) is 13.0. The number of H-pyrrole nitrogens is 1. The highest BCUT2D eigenvalue weighted by molar-refractivity contribution is 5.70. The Bertz CT molecular complexity index is 841. The van der Waals surface area contributed by atoms with E-state index in [4.69, 9.17) is 0 Å². The highest BCUT2D eigenvalue weighted by Crippen LogP contribution is 2.32. The Labute approximate surface area is 136 Å². The lowest BCUT2D eigenvalue weighted by molar-refractivity contribution is -0.141. The highest BCUT2D eigenvalue weighted by Gasteiger charge is 2.34. The fourth-order valence-corrected chi connectivity index (χ4v) is 2.19. The van der Waals surface area contributed by atoms with Crippen LogP contribution in [0, 0.1) is 0 Å². The number of aromatic nitrogens is 4. The minimum Gasteiger partial charge on any atom is -0.347 e. The Morgan fingerprint density at radius 3 is 2.38 bits per heavy atom. The van der Waals surface area contributed by atoms with Gasteiger partial charge in [0.05, 0.1) is 11.4 Å². The van der Waals surface area contributed by atoms with Gasteiger partial charge in [0.15, 0.2) is 5.69 Å². The second kappa shape index (κ2) is 5.95. The van der Waals surface area contributed by atoms with E-state index in [2.05, 4.69) is 20.2 Å². The van der Waals surface area contributed by atoms with E-state index >= 15 is 0 Å². The van der Waals surface area contributed by atoms with Crippen LogP contribution < -0.4 is 4.90 Å². The molecule has 0 fully saturated rings. The standard InChI is InChI=1S/C16H14F3N5/c1-24(2)15-21-13(9-14(22-15)16(17,18)19)11-5-3-4-10(8-11)12-6-7-20-23-12/h3-9H,1-2H3,(H,20,23). The first-order valence-electron chi connectivity index (χ1n) is 7.08. The molecule has 1 N–H and O–H groups in total. The van der Waals surface area contributed by atoms with Gasteiger partial charge in [-0.05, 0) is 18.2 Å². The zero-order valence-corrected chi connectivity index (χ0v) is 13.0. The van der Waals surface area contributed by atoms with Gasteiger partial charge in [-0.3, -0.25) is 5.10 Å². The molecule has 0 unspecified atom stereocenters. The molecule has 0 spiro atoms. The van der Waals surface area contributed by atoms with Crippen LogP contribution in [0.3, 0.4) is 0 Å². The molecule has 0 saturated carbocycles. The van der Waals surface area contributed by atoms with Crippen LogP contribution in [-0.4, -0.2) is 34.3 Å². The van der Waals surface area contributed by atoms with Gasteiger partial charge in [0.25, 0.3) is 0 Å². The molecule has 0 atom stereocenters. The third-order valence-electron chi connectivity index (χ3n) is 3.37. The number of halogens is 3. The lowest BCUT2D eigenvalue weighted by Gasteiger charge is -2.15. The maximum atomic E-state index is 13.1. The molecule has 2 heterocycles. The lowest BCUT2D eigenvalue weighted by atomic mass is 10.1. The van der Waals surface area contributed by atoms with Gasteiger partial charge in [-0.25, -0.2) is 9.97 Å². The third kappa shape index (κ3) is 3.22. The Morgan fingerprint density at radius 2 is 1.75 bits per heavy atom. The van der Waals surface area contributed by atoms with Crippen LogP contribution in [0.1, 0.15) is 5.69 Å². The molecule has 8 heteroatoms. The molecule has 0 bridgehead atoms. The summed E-state index contributed by atoms with van der Waals surface area (Å²) in [6, 6.07) is 9.81. The number of hydrogen-bond donors (Lipinski definition) is 1. The van der Waals surface area contributed by atoms with Crippen LogP contribution >= 0.6 is 0 Å². The Morgan fingerprint density at radius 1 is 1.00 bits per heavy atom. The summed E-state index contributed by atoms with van der Waals surface area (Å²) in [7, 11) is 3.20. The molecule has 1 aromatic carbocycles. The van der Waals surface area contributed by atoms with Gasteiger partial charge >= 0.3 is 6.18 Å². The van der Waals surface area contributed by atoms with E-state index in [0.29, 0.717) is 5.56 Å². The largest absolute Gasteiger partial charge is 0.433 e. The van der Waals surface area contributed by atoms with Crippen molar-refractivity contribution in [3.63, 3.8) is 0 Å². The van der Waals surface area contributed by atoms with Crippen molar-refractivity contribution in [1.82, 2.24) is 20.2 Å². The van der Waals surface area contributed by atoms with Gasteiger partial charge in [-0.2, -0.15) is 18.3 Å². The van der Waals surface area contributed by atoms with Crippen molar-refractivity contribution in [3.8, 4) is 22.5 Å². The van der Waals surface area contributed by atoms with E-state index in [0.717, 1.165) is 17.3 Å². The van der Waals surface area contributed by atoms with Crippen molar-refractivity contribution in [3.05, 3.63) is 48.3 Å². The van der Waals surface area contributed by atoms with Gasteiger partial charge in [-0.15, -0.1) is 0 Å². The summed E-state index contributed by atoms with van der Waals surface area (Å²) in [5, 5.41) is 6.71. The molecule has 0 aliphatic rings. The van der Waals surface area contributed by atoms with Crippen molar-refractivity contribution in [2.75, 3.05) is 19.0 Å². The number of rotatable bonds is 3. The number of nitrogens with one attached hydrogen (secondary N) is 1. The summed E-state index contributed by atoms with van der Waals surface area (Å²) in [5.41, 5.74) is 1.39. The Hall–Kier alpha value is -2.90. The molecular formula is C16H14F3N5. The number of nitrogens with zero attached hydrogens (tertiary/aromatic N) is 4. The van der Waals surface area contributed by atoms with Crippen molar-refractivity contribution >= 4 is 5.95 Å². The SMILES string of the molecule is CN(C)c1nc(-c2cccc(-c3ccn[nH]3)c2)cc(C(F)(F)F)n1. The van der Waals surface area contributed by atoms with Gasteiger partial charge < -0.3 is 4.90 Å². The molecule has 0 aliphatic heterocycles. The first-order chi connectivity index (χ1) is 11.3. The van der Waals surface area contributed by atoms with Crippen molar-refractivity contribution < 1.29 is 13.2 Å². The van der Waals surface area contributed by atoms with Crippen molar-refractivity contribution in [2.45, 2.75) is 6.18 Å². The molecule has 3 aromatic rings. The predicted octanol–water partition coefficient (Wildman–Crippen LogP) is 3.62. The number of benzene rings is 1. The summed E-state index contributed by atoms with van der Waals surface area (Å²) >= 11 is 0. The van der Waals surface area contributed by atoms with Crippen LogP contribution in [-0.2, 0) is 6.18 Å². The second-order valence-electron chi connectivity index (χ2n) is 5.38. The molecule has 0 radical (unpaired) electrons. The predicted molar refractivity (Wildman–Crippen MR) is 84.4 cm³/mol. The molecule has 5 nitrogen and oxygen atoms in total. The van der Waals surface area contributed by atoms with Gasteiger partial charge in [0, 0.05) is 31.4 Å². The monoisotopic (exact) mass is 333 g/mol. The van der Waals surface area contributed by atoms with Crippen LogP contribution in [0.5, 0.6) is 0 Å². The normalized spacial score (nSPS) is 11.5. The van der Waals surface area contributed by atoms with Crippen LogP contribution in [0.2, 0.25) is 0 Å². The maximum Gasteiger partial charge on any atom is 0.433 e. The molecule has 24 heavy (non-hydrogen) atoms.